The van der Waals surface area contributed by atoms with Gasteiger partial charge in [0.2, 0.25) is 10.0 Å². The first-order valence-corrected chi connectivity index (χ1v) is 9.64. The van der Waals surface area contributed by atoms with Crippen LogP contribution in [0.5, 0.6) is 0 Å². The van der Waals surface area contributed by atoms with E-state index in [9.17, 15) is 23.1 Å². The van der Waals surface area contributed by atoms with E-state index < -0.39 is 27.4 Å². The summed E-state index contributed by atoms with van der Waals surface area (Å²) >= 11 is 0. The number of aryl methyl sites for hydroxylation is 1. The summed E-state index contributed by atoms with van der Waals surface area (Å²) in [6.45, 7) is 3.06. The van der Waals surface area contributed by atoms with Crippen molar-refractivity contribution in [3.63, 3.8) is 0 Å². The number of rotatable bonds is 7. The Balaban J connectivity index is 2.45. The average molecular weight is 394 g/mol. The molecule has 0 aliphatic rings. The highest BCUT2D eigenvalue weighted by Gasteiger charge is 2.41. The molecule has 0 radical (unpaired) electrons. The van der Waals surface area contributed by atoms with Gasteiger partial charge in [-0.15, -0.1) is 0 Å². The highest BCUT2D eigenvalue weighted by Crippen LogP contribution is 2.28. The Kier molecular flexibility index (Phi) is 5.76. The molecule has 0 saturated carbocycles. The molecule has 0 saturated heterocycles. The molecule has 1 aromatic heterocycles. The zero-order valence-electron chi connectivity index (χ0n) is 15.5. The van der Waals surface area contributed by atoms with Crippen molar-refractivity contribution in [2.45, 2.75) is 30.7 Å². The number of aliphatic carboxylic acids is 1. The van der Waals surface area contributed by atoms with Crippen LogP contribution in [0, 0.1) is 6.92 Å². The Morgan fingerprint density at radius 2 is 1.81 bits per heavy atom. The van der Waals surface area contributed by atoms with Crippen molar-refractivity contribution >= 4 is 21.9 Å². The molecule has 2 aromatic rings. The van der Waals surface area contributed by atoms with Gasteiger partial charge in [-0.05, 0) is 18.9 Å². The Hall–Kier alpha value is -2.65. The number of hydrogen-bond acceptors (Lipinski definition) is 5. The lowest BCUT2D eigenvalue weighted by Gasteiger charge is -2.29. The minimum absolute atomic E-state index is 0.0472. The van der Waals surface area contributed by atoms with Crippen LogP contribution in [0.1, 0.15) is 35.2 Å². The molecule has 1 amide bonds. The van der Waals surface area contributed by atoms with E-state index in [0.29, 0.717) is 5.56 Å². The summed E-state index contributed by atoms with van der Waals surface area (Å²) in [4.78, 5) is 24.5. The van der Waals surface area contributed by atoms with E-state index in [1.165, 1.54) is 21.0 Å². The van der Waals surface area contributed by atoms with E-state index in [0.717, 1.165) is 10.4 Å². The van der Waals surface area contributed by atoms with Crippen LogP contribution in [0.25, 0.3) is 0 Å². The Labute approximate surface area is 157 Å². The summed E-state index contributed by atoms with van der Waals surface area (Å²) in [6.07, 6.45) is 0.0840. The number of hydrogen-bond donors (Lipinski definition) is 2. The fraction of sp³-hybridized carbons (Fsp3) is 0.333. The van der Waals surface area contributed by atoms with Gasteiger partial charge in [-0.2, -0.15) is 0 Å². The van der Waals surface area contributed by atoms with Crippen LogP contribution >= 0.6 is 0 Å². The van der Waals surface area contributed by atoms with Gasteiger partial charge in [-0.25, -0.2) is 17.5 Å². The average Bonchev–Trinajstić information content (AvgIpc) is 3.02. The fourth-order valence-electron chi connectivity index (χ4n) is 2.70. The molecule has 146 valence electrons. The number of carbonyl (C=O) groups excluding carboxylic acids is 1. The predicted octanol–water partition coefficient (Wildman–Crippen LogP) is 1.96. The third-order valence-electron chi connectivity index (χ3n) is 4.34. The lowest BCUT2D eigenvalue weighted by molar-refractivity contribution is -0.145. The quantitative estimate of drug-likeness (QED) is 0.741. The van der Waals surface area contributed by atoms with Crippen molar-refractivity contribution < 1.29 is 27.5 Å². The second-order valence-corrected chi connectivity index (χ2v) is 8.32. The van der Waals surface area contributed by atoms with Crippen LogP contribution in [-0.2, 0) is 20.4 Å². The van der Waals surface area contributed by atoms with Crippen LogP contribution in [-0.4, -0.2) is 43.8 Å². The highest BCUT2D eigenvalue weighted by molar-refractivity contribution is 7.89. The van der Waals surface area contributed by atoms with E-state index in [1.54, 1.807) is 37.3 Å². The van der Waals surface area contributed by atoms with Gasteiger partial charge in [0.1, 0.15) is 10.7 Å². The number of furan rings is 1. The first kappa shape index (κ1) is 20.7. The summed E-state index contributed by atoms with van der Waals surface area (Å²) < 4.78 is 30.9. The van der Waals surface area contributed by atoms with Crippen LogP contribution in [0.2, 0.25) is 0 Å². The van der Waals surface area contributed by atoms with E-state index in [-0.39, 0.29) is 22.8 Å². The lowest BCUT2D eigenvalue weighted by Crippen LogP contribution is -2.51. The van der Waals surface area contributed by atoms with Crippen LogP contribution in [0.3, 0.4) is 0 Å². The Morgan fingerprint density at radius 1 is 1.22 bits per heavy atom. The van der Waals surface area contributed by atoms with Crippen molar-refractivity contribution in [1.29, 1.82) is 0 Å². The van der Waals surface area contributed by atoms with Crippen molar-refractivity contribution in [1.82, 2.24) is 9.62 Å². The first-order valence-electron chi connectivity index (χ1n) is 8.20. The van der Waals surface area contributed by atoms with E-state index in [2.05, 4.69) is 5.32 Å². The van der Waals surface area contributed by atoms with Gasteiger partial charge in [-0.3, -0.25) is 4.79 Å². The van der Waals surface area contributed by atoms with Gasteiger partial charge in [0, 0.05) is 20.2 Å². The molecule has 0 spiro atoms. The highest BCUT2D eigenvalue weighted by atomic mass is 32.2. The van der Waals surface area contributed by atoms with Gasteiger partial charge < -0.3 is 14.8 Å². The van der Waals surface area contributed by atoms with Crippen molar-refractivity contribution in [3.05, 3.63) is 53.5 Å². The Morgan fingerprint density at radius 3 is 2.30 bits per heavy atom. The number of amides is 1. The smallest absolute Gasteiger partial charge is 0.334 e. The molecule has 0 aliphatic carbocycles. The summed E-state index contributed by atoms with van der Waals surface area (Å²) in [5.41, 5.74) is -1.27. The summed E-state index contributed by atoms with van der Waals surface area (Å²) in [7, 11) is -1.07. The SMILES string of the molecule is CCC(NC(=O)c1cc(S(=O)(=O)N(C)C)c(C)o1)(C(=O)O)c1ccccc1. The summed E-state index contributed by atoms with van der Waals surface area (Å²) in [5, 5.41) is 12.3. The van der Waals surface area contributed by atoms with E-state index >= 15 is 0 Å². The van der Waals surface area contributed by atoms with E-state index in [1.807, 2.05) is 0 Å². The number of benzene rings is 1. The minimum Gasteiger partial charge on any atom is -0.479 e. The van der Waals surface area contributed by atoms with Gasteiger partial charge in [0.05, 0.1) is 0 Å². The van der Waals surface area contributed by atoms with Crippen molar-refractivity contribution in [2.24, 2.45) is 0 Å². The van der Waals surface area contributed by atoms with Crippen molar-refractivity contribution in [2.75, 3.05) is 14.1 Å². The van der Waals surface area contributed by atoms with Gasteiger partial charge >= 0.3 is 5.97 Å². The molecule has 9 heteroatoms. The fourth-order valence-corrected chi connectivity index (χ4v) is 3.76. The largest absolute Gasteiger partial charge is 0.479 e. The lowest BCUT2D eigenvalue weighted by atomic mass is 9.87. The molecule has 0 aliphatic heterocycles. The van der Waals surface area contributed by atoms with Crippen LogP contribution in [0.4, 0.5) is 0 Å². The number of carboxylic acids is 1. The topological polar surface area (TPSA) is 117 Å². The zero-order chi connectivity index (χ0) is 20.4. The second kappa shape index (κ2) is 7.53. The monoisotopic (exact) mass is 394 g/mol. The summed E-state index contributed by atoms with van der Waals surface area (Å²) in [6, 6.07) is 9.40. The van der Waals surface area contributed by atoms with Gasteiger partial charge in [-0.1, -0.05) is 37.3 Å². The summed E-state index contributed by atoms with van der Waals surface area (Å²) in [5.74, 6) is -2.27. The number of nitrogens with one attached hydrogen (secondary N) is 1. The Bertz CT molecular complexity index is 949. The third-order valence-corrected chi connectivity index (χ3v) is 6.27. The molecule has 0 bridgehead atoms. The van der Waals surface area contributed by atoms with E-state index in [4.69, 9.17) is 4.42 Å². The third kappa shape index (κ3) is 3.74. The molecular formula is C18H22N2O6S. The molecule has 1 heterocycles. The minimum atomic E-state index is -3.79. The molecule has 1 aromatic carbocycles. The molecule has 1 unspecified atom stereocenters. The number of carboxylic acid groups (broad SMARTS) is 1. The normalized spacial score (nSPS) is 14.0. The number of nitrogens with zero attached hydrogens (tertiary/aromatic N) is 1. The second-order valence-electron chi connectivity index (χ2n) is 6.20. The zero-order valence-corrected chi connectivity index (χ0v) is 16.3. The maximum Gasteiger partial charge on any atom is 0.334 e. The number of sulfonamides is 1. The molecule has 0 fully saturated rings. The van der Waals surface area contributed by atoms with Crippen LogP contribution in [0.15, 0.2) is 45.7 Å². The van der Waals surface area contributed by atoms with Crippen LogP contribution < -0.4 is 5.32 Å². The molecule has 1 atom stereocenters. The molecule has 2 rings (SSSR count). The van der Waals surface area contributed by atoms with Crippen molar-refractivity contribution in [3.8, 4) is 0 Å². The maximum absolute atomic E-state index is 12.7. The molecule has 27 heavy (non-hydrogen) atoms. The molecular weight excluding hydrogens is 372 g/mol. The molecule has 8 nitrogen and oxygen atoms in total. The maximum atomic E-state index is 12.7. The van der Waals surface area contributed by atoms with Gasteiger partial charge in [0.15, 0.2) is 11.3 Å². The first-order chi connectivity index (χ1) is 12.6. The molecule has 2 N–H and O–H groups in total. The van der Waals surface area contributed by atoms with Gasteiger partial charge in [0.25, 0.3) is 5.91 Å². The predicted molar refractivity (Wildman–Crippen MR) is 97.8 cm³/mol. The standard InChI is InChI=1S/C18H22N2O6S/c1-5-18(17(22)23,13-9-7-6-8-10-13)19-16(21)14-11-15(12(2)26-14)27(24,25)20(3)4/h6-11H,5H2,1-4H3,(H,19,21)(H,22,23). The number of carbonyl (C=O) groups is 2.